The summed E-state index contributed by atoms with van der Waals surface area (Å²) in [7, 11) is 1.47. The summed E-state index contributed by atoms with van der Waals surface area (Å²) in [5.74, 6) is -16.2. The molecule has 0 aromatic heterocycles. The van der Waals surface area contributed by atoms with Crippen molar-refractivity contribution < 1.29 is 132 Å². The predicted molar refractivity (Wildman–Crippen MR) is 445 cm³/mol. The Morgan fingerprint density at radius 1 is 0.643 bits per heavy atom. The number of carbonyl (C=O) groups is 8. The topological polar surface area (TPSA) is 581 Å². The van der Waals surface area contributed by atoms with Crippen LogP contribution in [0.1, 0.15) is 148 Å². The predicted octanol–water partition coefficient (Wildman–Crippen LogP) is 3.26. The Kier molecular flexibility index (Phi) is 28.2. The summed E-state index contributed by atoms with van der Waals surface area (Å²) >= 11 is 14.7. The number of hydrogen-bond donors (Lipinski definition) is 21. The lowest BCUT2D eigenvalue weighted by Crippen LogP contribution is -2.65. The molecule has 674 valence electrons. The van der Waals surface area contributed by atoms with Gasteiger partial charge in [-0.2, -0.15) is 0 Å². The van der Waals surface area contributed by atoms with Crippen molar-refractivity contribution in [3.8, 4) is 57.1 Å². The minimum Gasteiger partial charge on any atom is -0.508 e. The molecular weight excluding hydrogens is 1690 g/mol. The molecule has 3 fully saturated rings. The molecule has 7 amide bonds. The van der Waals surface area contributed by atoms with Gasteiger partial charge in [-0.1, -0.05) is 110 Å². The zero-order valence-electron chi connectivity index (χ0n) is 69.0. The number of carbonyl (C=O) groups excluding carboxylic acids is 7. The Morgan fingerprint density at radius 2 is 1.25 bits per heavy atom. The highest BCUT2D eigenvalue weighted by atomic mass is 35.5. The normalized spacial score (nSPS) is 29.9. The summed E-state index contributed by atoms with van der Waals surface area (Å²) in [5, 5.41) is 149. The number of benzene rings is 7. The minimum absolute atomic E-state index is 0.122. The number of rotatable bonds is 20. The monoisotopic (exact) mass is 1790 g/mol. The number of carboxylic acid groups (broad SMARTS) is 1. The van der Waals surface area contributed by atoms with Crippen LogP contribution in [0, 0.1) is 5.92 Å². The van der Waals surface area contributed by atoms with Crippen LogP contribution >= 0.6 is 23.2 Å². The molecule has 23 atom stereocenters. The first-order chi connectivity index (χ1) is 59.7. The summed E-state index contributed by atoms with van der Waals surface area (Å²) in [5.41, 5.74) is 8.93. The highest BCUT2D eigenvalue weighted by molar-refractivity contribution is 6.32. The summed E-state index contributed by atoms with van der Waals surface area (Å²) in [6.07, 6.45) is -24.1. The fraction of sp³-hybridized carbons (Fsp3) is 0.425. The van der Waals surface area contributed by atoms with Gasteiger partial charge in [0.2, 0.25) is 53.4 Å². The number of primary amides is 1. The molecule has 0 spiro atoms. The SMILES string of the molecule is CN[C@H](CC(C)C)C(=O)N[C@H]1C(=O)N[C@@H](CC(N)=O)C(=O)N[C@H]2C(=O)N[C@H]3C(=O)N[C@H](C(=O)N[C@H](C(=O)O)c4cc(O)cc(O)c4-c4cc3ccc4O)[C@H](O[C@H]3C[C@](C)(N)[C@@H](O)[C@H](C)O3)c3ccc(c(Cl)c3)Oc3cc2cc(c3O[C@@H]2O[C@H](CO)[C@@H](O)[C@H](O)[C@H]2O[C@H]2C[C@](C)(NCc3ccc(C(O)c4ccccc4)cc3)[C@@H](O)[C@H](C)O2)Oc2ccc(cc2Cl)[C@H]1O. The molecule has 23 N–H and O–H groups in total. The van der Waals surface area contributed by atoms with Gasteiger partial charge in [-0.3, -0.25) is 33.6 Å². The van der Waals surface area contributed by atoms with E-state index in [1.807, 2.05) is 32.0 Å². The summed E-state index contributed by atoms with van der Waals surface area (Å²) in [6, 6.07) is 15.6. The Balaban J connectivity index is 1.01. The van der Waals surface area contributed by atoms with Crippen molar-refractivity contribution in [3.63, 3.8) is 0 Å². The molecule has 0 aliphatic carbocycles. The molecule has 0 saturated carbocycles. The number of ether oxygens (including phenoxy) is 8. The fourth-order valence-electron chi connectivity index (χ4n) is 16.4. The van der Waals surface area contributed by atoms with Gasteiger partial charge in [-0.15, -0.1) is 0 Å². The number of aliphatic carboxylic acids is 1. The van der Waals surface area contributed by atoms with E-state index >= 15 is 24.0 Å². The average molecular weight is 1790 g/mol. The molecule has 15 rings (SSSR count). The first kappa shape index (κ1) is 92.7. The minimum atomic E-state index is -2.40. The molecule has 11 bridgehead atoms. The molecule has 0 radical (unpaired) electrons. The van der Waals surface area contributed by atoms with E-state index in [4.69, 9.17) is 72.6 Å². The number of phenols is 3. The number of nitrogens with one attached hydrogen (secondary N) is 8. The molecule has 8 aliphatic rings. The van der Waals surface area contributed by atoms with Crippen LogP contribution in [0.2, 0.25) is 10.0 Å². The quantitative estimate of drug-likeness (QED) is 0.0521. The smallest absolute Gasteiger partial charge is 0.330 e. The maximum Gasteiger partial charge on any atom is 0.330 e. The third-order valence-corrected chi connectivity index (χ3v) is 23.8. The van der Waals surface area contributed by atoms with Crippen molar-refractivity contribution in [3.05, 3.63) is 188 Å². The van der Waals surface area contributed by atoms with Crippen molar-refractivity contribution in [2.45, 2.75) is 213 Å². The number of carboxylic acids is 1. The molecule has 8 heterocycles. The molecule has 7 aromatic rings. The van der Waals surface area contributed by atoms with Gasteiger partial charge in [0.25, 0.3) is 0 Å². The molecule has 8 aliphatic heterocycles. The standard InChI is InChI=1S/C87H100Cl2N10O27/c1-36(2)23-51(92-7)78(111)98-67-70(106)43-18-21-55(49(88)25-43)121-57-27-45-28-58(74(57)126-85-75(72(108)71(107)59(35-100)123-85)125-62-33-87(6,77(110)38(4)120-62)93-34-39-13-15-41(16-14-39)69(105)40-11-9-8-10-12-40)122-56-22-19-44(26-50(56)89)73(124-61-32-86(5,91)76(109)37(3)119-61)68-83(116)97-66(84(117)118)48-29-46(101)30-54(103)63(48)47-24-42(17-20-53(47)102)64(80(113)99-68)96-81(114)65(45)95-79(112)52(31-60(90)104)94-82(67)115/h8-22,24-30,36-38,51-52,59,61-62,64-73,75-77,85,92-93,100-103,105-110H,23,31-35,91H2,1-7H3,(H2,90,104)(H,94,115)(H,95,112)(H,96,114)(H,97,116)(H,98,111)(H,99,113)(H,117,118)/t37-,38-,51+,52-,59+,61-,62-,64+,65+,66-,67+,68-,69?,70+,71+,72-,73+,75+,76-,77-,85-,86-,87-/m0/s1. The molecular formula is C87H100Cl2N10O27. The Hall–Kier alpha value is -10.9. The van der Waals surface area contributed by atoms with Crippen molar-refractivity contribution in [1.82, 2.24) is 42.5 Å². The van der Waals surface area contributed by atoms with E-state index in [2.05, 4.69) is 42.5 Å². The van der Waals surface area contributed by atoms with Crippen LogP contribution < -0.4 is 68.2 Å². The average Bonchev–Trinajstić information content (AvgIpc) is 0.762. The third kappa shape index (κ3) is 20.1. The number of nitrogens with two attached hydrogens (primary N) is 2. The van der Waals surface area contributed by atoms with Gasteiger partial charge in [0, 0.05) is 53.2 Å². The van der Waals surface area contributed by atoms with Gasteiger partial charge in [-0.25, -0.2) is 4.79 Å². The number of likely N-dealkylation sites (N-methyl/N-ethyl adjacent to an activating group) is 1. The maximum absolute atomic E-state index is 16.6. The molecule has 3 saturated heterocycles. The highest BCUT2D eigenvalue weighted by Gasteiger charge is 2.53. The summed E-state index contributed by atoms with van der Waals surface area (Å²) in [4.78, 5) is 121. The van der Waals surface area contributed by atoms with Crippen LogP contribution in [0.4, 0.5) is 0 Å². The number of aliphatic hydroxyl groups is 7. The number of halogens is 2. The molecule has 7 aromatic carbocycles. The van der Waals surface area contributed by atoms with Crippen LogP contribution in [0.25, 0.3) is 11.1 Å². The van der Waals surface area contributed by atoms with E-state index in [1.54, 1.807) is 50.2 Å². The van der Waals surface area contributed by atoms with Crippen molar-refractivity contribution >= 4 is 70.5 Å². The van der Waals surface area contributed by atoms with Gasteiger partial charge >= 0.3 is 5.97 Å². The number of hydrogen-bond acceptors (Lipinski definition) is 29. The van der Waals surface area contributed by atoms with Gasteiger partial charge in [0.15, 0.2) is 36.2 Å². The first-order valence-electron chi connectivity index (χ1n) is 40.5. The molecule has 37 nitrogen and oxygen atoms in total. The van der Waals surface area contributed by atoms with Crippen LogP contribution in [-0.4, -0.2) is 220 Å². The lowest BCUT2D eigenvalue weighted by atomic mass is 9.84. The summed E-state index contributed by atoms with van der Waals surface area (Å²) in [6.45, 7) is 8.95. The van der Waals surface area contributed by atoms with E-state index in [1.165, 1.54) is 51.2 Å². The van der Waals surface area contributed by atoms with Crippen molar-refractivity contribution in [2.24, 2.45) is 17.4 Å². The molecule has 1 unspecified atom stereocenters. The molecule has 126 heavy (non-hydrogen) atoms. The number of phenolic OH excluding ortho intramolecular Hbond substituents is 3. The number of aliphatic hydroxyl groups excluding tert-OH is 7. The zero-order chi connectivity index (χ0) is 91.0. The number of aromatic hydroxyl groups is 3. The van der Waals surface area contributed by atoms with E-state index < -0.39 is 267 Å². The lowest BCUT2D eigenvalue weighted by Gasteiger charge is -2.48. The Bertz CT molecular complexity index is 5250. The lowest BCUT2D eigenvalue weighted by molar-refractivity contribution is -0.334. The van der Waals surface area contributed by atoms with Crippen molar-refractivity contribution in [2.75, 3.05) is 13.7 Å². The second-order valence-corrected chi connectivity index (χ2v) is 33.9. The molecule has 39 heteroatoms. The number of amides is 7. The van der Waals surface area contributed by atoms with Gasteiger partial charge in [0.05, 0.1) is 53.5 Å². The Labute approximate surface area is 731 Å². The Morgan fingerprint density at radius 3 is 1.87 bits per heavy atom. The van der Waals surface area contributed by atoms with Crippen molar-refractivity contribution in [1.29, 1.82) is 0 Å². The second-order valence-electron chi connectivity index (χ2n) is 33.1. The second kappa shape index (κ2) is 38.3. The van der Waals surface area contributed by atoms with Crippen LogP contribution in [-0.2, 0) is 68.6 Å². The van der Waals surface area contributed by atoms with Gasteiger partial charge < -0.3 is 148 Å². The third-order valence-electron chi connectivity index (χ3n) is 23.2. The van der Waals surface area contributed by atoms with Crippen LogP contribution in [0.3, 0.4) is 0 Å². The van der Waals surface area contributed by atoms with Gasteiger partial charge in [0.1, 0.15) is 95.6 Å². The number of fused-ring (bicyclic) bond motifs is 15. The van der Waals surface area contributed by atoms with E-state index in [0.717, 1.165) is 54.1 Å². The van der Waals surface area contributed by atoms with E-state index in [-0.39, 0.29) is 59.2 Å². The summed E-state index contributed by atoms with van der Waals surface area (Å²) < 4.78 is 52.9. The largest absolute Gasteiger partial charge is 0.508 e. The van der Waals surface area contributed by atoms with E-state index in [9.17, 15) is 70.6 Å². The zero-order valence-corrected chi connectivity index (χ0v) is 70.5. The van der Waals surface area contributed by atoms with Crippen LogP contribution in [0.5, 0.6) is 46.0 Å². The van der Waals surface area contributed by atoms with Gasteiger partial charge in [-0.05, 0) is 141 Å². The maximum atomic E-state index is 16.6. The fourth-order valence-corrected chi connectivity index (χ4v) is 16.8. The van der Waals surface area contributed by atoms with Crippen LogP contribution in [0.15, 0.2) is 133 Å². The van der Waals surface area contributed by atoms with E-state index in [0.29, 0.717) is 11.1 Å². The highest BCUT2D eigenvalue weighted by Crippen LogP contribution is 2.51. The first-order valence-corrected chi connectivity index (χ1v) is 41.3.